The topological polar surface area (TPSA) is 98.0 Å². The van der Waals surface area contributed by atoms with Gasteiger partial charge in [0.2, 0.25) is 0 Å². The number of aromatic nitrogens is 2. The van der Waals surface area contributed by atoms with E-state index in [0.717, 1.165) is 58.2 Å². The normalized spacial score (nSPS) is 13.0. The van der Waals surface area contributed by atoms with Gasteiger partial charge in [0, 0.05) is 28.2 Å². The van der Waals surface area contributed by atoms with E-state index in [1.165, 1.54) is 11.3 Å². The van der Waals surface area contributed by atoms with E-state index in [4.69, 9.17) is 10.7 Å². The molecular weight excluding hydrogens is 420 g/mol. The highest BCUT2D eigenvalue weighted by molar-refractivity contribution is 7.17. The molecule has 32 heavy (non-hydrogen) atoms. The summed E-state index contributed by atoms with van der Waals surface area (Å²) in [4.78, 5) is 35.7. The molecule has 7 heteroatoms. The van der Waals surface area contributed by atoms with Gasteiger partial charge in [-0.25, -0.2) is 4.98 Å². The molecule has 1 aliphatic rings. The van der Waals surface area contributed by atoms with Crippen LogP contribution in [-0.2, 0) is 12.8 Å². The Hall–Kier alpha value is -3.58. The molecule has 3 heterocycles. The molecule has 0 radical (unpaired) electrons. The maximum atomic E-state index is 13.5. The Balaban J connectivity index is 1.62. The number of amides is 2. The number of benzene rings is 1. The molecule has 3 aromatic heterocycles. The quantitative estimate of drug-likeness (QED) is 0.470. The zero-order valence-corrected chi connectivity index (χ0v) is 18.5. The average Bonchev–Trinajstić information content (AvgIpc) is 3.17. The van der Waals surface area contributed by atoms with E-state index in [2.05, 4.69) is 10.3 Å². The van der Waals surface area contributed by atoms with Crippen LogP contribution in [0.1, 0.15) is 49.6 Å². The molecule has 6 nitrogen and oxygen atoms in total. The van der Waals surface area contributed by atoms with Crippen LogP contribution in [0.15, 0.2) is 48.8 Å². The van der Waals surface area contributed by atoms with Crippen molar-refractivity contribution in [2.24, 2.45) is 5.73 Å². The molecule has 4 aromatic rings. The number of nitrogens with zero attached hydrogens (tertiary/aromatic N) is 2. The SMILES string of the molecule is Cc1ccc2nc(-c3ccncc3)cc(C(=O)Nc3sc4c(c3C(N)=O)CCCC4)c2c1. The Morgan fingerprint density at radius 1 is 1.06 bits per heavy atom. The third-order valence-corrected chi connectivity index (χ3v) is 7.04. The summed E-state index contributed by atoms with van der Waals surface area (Å²) < 4.78 is 0. The van der Waals surface area contributed by atoms with Crippen molar-refractivity contribution in [1.29, 1.82) is 0 Å². The first-order valence-corrected chi connectivity index (χ1v) is 11.4. The molecule has 0 saturated heterocycles. The number of aryl methyl sites for hydroxylation is 2. The van der Waals surface area contributed by atoms with E-state index in [1.807, 2.05) is 37.3 Å². The van der Waals surface area contributed by atoms with E-state index in [1.54, 1.807) is 18.5 Å². The Bertz CT molecular complexity index is 1360. The summed E-state index contributed by atoms with van der Waals surface area (Å²) in [5.41, 5.74) is 11.0. The summed E-state index contributed by atoms with van der Waals surface area (Å²) in [7, 11) is 0. The number of nitrogens with two attached hydrogens (primary N) is 1. The monoisotopic (exact) mass is 442 g/mol. The van der Waals surface area contributed by atoms with Gasteiger partial charge in [0.25, 0.3) is 11.8 Å². The second-order valence-corrected chi connectivity index (χ2v) is 9.15. The lowest BCUT2D eigenvalue weighted by atomic mass is 9.95. The van der Waals surface area contributed by atoms with Gasteiger partial charge in [0.15, 0.2) is 0 Å². The molecule has 0 aliphatic heterocycles. The van der Waals surface area contributed by atoms with E-state index < -0.39 is 5.91 Å². The molecule has 0 bridgehead atoms. The van der Waals surface area contributed by atoms with Crippen LogP contribution in [0.25, 0.3) is 22.2 Å². The standard InChI is InChI=1S/C25H22N4O2S/c1-14-6-7-19-17(12-14)18(13-20(28-19)15-8-10-27-11-9-15)24(31)29-25-22(23(26)30)16-4-2-3-5-21(16)32-25/h6-13H,2-5H2,1H3,(H2,26,30)(H,29,31). The Kier molecular flexibility index (Phi) is 5.19. The number of hydrogen-bond acceptors (Lipinski definition) is 5. The van der Waals surface area contributed by atoms with Crippen molar-refractivity contribution in [3.05, 3.63) is 75.9 Å². The fraction of sp³-hybridized carbons (Fsp3) is 0.200. The summed E-state index contributed by atoms with van der Waals surface area (Å²) in [6.45, 7) is 1.98. The van der Waals surface area contributed by atoms with E-state index in [-0.39, 0.29) is 5.91 Å². The van der Waals surface area contributed by atoms with Gasteiger partial charge in [-0.3, -0.25) is 14.6 Å². The molecule has 5 rings (SSSR count). The van der Waals surface area contributed by atoms with Gasteiger partial charge >= 0.3 is 0 Å². The first-order valence-electron chi connectivity index (χ1n) is 10.6. The van der Waals surface area contributed by atoms with Crippen molar-refractivity contribution in [2.75, 3.05) is 5.32 Å². The van der Waals surface area contributed by atoms with Crippen LogP contribution in [0.5, 0.6) is 0 Å². The summed E-state index contributed by atoms with van der Waals surface area (Å²) in [5.74, 6) is -0.771. The second kappa shape index (κ2) is 8.16. The number of anilines is 1. The van der Waals surface area contributed by atoms with Crippen LogP contribution < -0.4 is 11.1 Å². The fourth-order valence-corrected chi connectivity index (χ4v) is 5.57. The largest absolute Gasteiger partial charge is 0.365 e. The molecule has 0 atom stereocenters. The minimum atomic E-state index is -0.493. The lowest BCUT2D eigenvalue weighted by molar-refractivity contribution is 0.100. The van der Waals surface area contributed by atoms with Crippen LogP contribution in [0, 0.1) is 6.92 Å². The molecule has 2 amide bonds. The molecule has 0 spiro atoms. The Labute approximate surface area is 189 Å². The zero-order chi connectivity index (χ0) is 22.2. The second-order valence-electron chi connectivity index (χ2n) is 8.04. The van der Waals surface area contributed by atoms with Gasteiger partial charge in [0.1, 0.15) is 5.00 Å². The van der Waals surface area contributed by atoms with Crippen molar-refractivity contribution >= 4 is 39.1 Å². The molecule has 3 N–H and O–H groups in total. The third-order valence-electron chi connectivity index (χ3n) is 5.83. The van der Waals surface area contributed by atoms with Gasteiger partial charge in [-0.05, 0) is 68.5 Å². The van der Waals surface area contributed by atoms with E-state index in [9.17, 15) is 9.59 Å². The molecule has 1 aromatic carbocycles. The number of carbonyl (C=O) groups excluding carboxylic acids is 2. The van der Waals surface area contributed by atoms with E-state index >= 15 is 0 Å². The lowest BCUT2D eigenvalue weighted by Gasteiger charge is -2.12. The predicted octanol–water partition coefficient (Wildman–Crippen LogP) is 4.90. The molecule has 0 saturated carbocycles. The summed E-state index contributed by atoms with van der Waals surface area (Å²) >= 11 is 1.47. The Morgan fingerprint density at radius 2 is 1.84 bits per heavy atom. The van der Waals surface area contributed by atoms with Gasteiger partial charge in [0.05, 0.1) is 22.3 Å². The minimum Gasteiger partial charge on any atom is -0.365 e. The lowest BCUT2D eigenvalue weighted by Crippen LogP contribution is -2.19. The minimum absolute atomic E-state index is 0.278. The van der Waals surface area contributed by atoms with E-state index in [0.29, 0.717) is 21.8 Å². The number of carbonyl (C=O) groups is 2. The van der Waals surface area contributed by atoms with Crippen LogP contribution in [0.3, 0.4) is 0 Å². The molecular formula is C25H22N4O2S. The zero-order valence-electron chi connectivity index (χ0n) is 17.6. The van der Waals surface area contributed by atoms with Gasteiger partial charge < -0.3 is 11.1 Å². The Morgan fingerprint density at radius 3 is 2.62 bits per heavy atom. The summed E-state index contributed by atoms with van der Waals surface area (Å²) in [5, 5.41) is 4.30. The summed E-state index contributed by atoms with van der Waals surface area (Å²) in [6, 6.07) is 11.4. The number of thiophene rings is 1. The van der Waals surface area contributed by atoms with Crippen molar-refractivity contribution in [2.45, 2.75) is 32.6 Å². The van der Waals surface area contributed by atoms with Crippen LogP contribution in [-0.4, -0.2) is 21.8 Å². The highest BCUT2D eigenvalue weighted by Gasteiger charge is 2.26. The van der Waals surface area contributed by atoms with Gasteiger partial charge in [-0.15, -0.1) is 11.3 Å². The number of primary amides is 1. The molecule has 0 unspecified atom stereocenters. The van der Waals surface area contributed by atoms with Crippen molar-refractivity contribution in [3.8, 4) is 11.3 Å². The van der Waals surface area contributed by atoms with Crippen molar-refractivity contribution < 1.29 is 9.59 Å². The first-order chi connectivity index (χ1) is 15.5. The number of rotatable bonds is 4. The van der Waals surface area contributed by atoms with Crippen molar-refractivity contribution in [3.63, 3.8) is 0 Å². The number of nitrogens with one attached hydrogen (secondary N) is 1. The third kappa shape index (κ3) is 3.65. The van der Waals surface area contributed by atoms with Gasteiger partial charge in [-0.2, -0.15) is 0 Å². The maximum absolute atomic E-state index is 13.5. The highest BCUT2D eigenvalue weighted by atomic mass is 32.1. The first kappa shape index (κ1) is 20.3. The number of hydrogen-bond donors (Lipinski definition) is 2. The molecule has 160 valence electrons. The average molecular weight is 443 g/mol. The highest BCUT2D eigenvalue weighted by Crippen LogP contribution is 2.38. The molecule has 0 fully saturated rings. The number of fused-ring (bicyclic) bond motifs is 2. The molecule has 1 aliphatic carbocycles. The summed E-state index contributed by atoms with van der Waals surface area (Å²) in [6.07, 6.45) is 7.25. The van der Waals surface area contributed by atoms with Crippen LogP contribution in [0.4, 0.5) is 5.00 Å². The van der Waals surface area contributed by atoms with Crippen LogP contribution in [0.2, 0.25) is 0 Å². The predicted molar refractivity (Wildman–Crippen MR) is 127 cm³/mol. The fourth-order valence-electron chi connectivity index (χ4n) is 4.28. The van der Waals surface area contributed by atoms with Crippen LogP contribution >= 0.6 is 11.3 Å². The smallest absolute Gasteiger partial charge is 0.257 e. The van der Waals surface area contributed by atoms with Crippen molar-refractivity contribution in [1.82, 2.24) is 9.97 Å². The maximum Gasteiger partial charge on any atom is 0.257 e. The van der Waals surface area contributed by atoms with Gasteiger partial charge in [-0.1, -0.05) is 11.6 Å². The number of pyridine rings is 2.